The van der Waals surface area contributed by atoms with Crippen LogP contribution in [0.15, 0.2) is 54.6 Å². The maximum Gasteiger partial charge on any atom is 0.334 e. The molecule has 2 atom stereocenters. The van der Waals surface area contributed by atoms with Gasteiger partial charge in [-0.15, -0.1) is 0 Å². The molecule has 178 valence electrons. The van der Waals surface area contributed by atoms with Crippen LogP contribution < -0.4 is 0 Å². The van der Waals surface area contributed by atoms with Crippen molar-refractivity contribution in [3.8, 4) is 0 Å². The highest BCUT2D eigenvalue weighted by atomic mass is 32.2. The SMILES string of the molecule is COP(=O)(Cc1ccc(C(CC(C)(C)SC)C(C)(C)CC(C)c2ccccc2)cc1)OC. The van der Waals surface area contributed by atoms with Gasteiger partial charge in [0.05, 0.1) is 6.16 Å². The summed E-state index contributed by atoms with van der Waals surface area (Å²) in [5.41, 5.74) is 3.82. The molecule has 0 spiro atoms. The van der Waals surface area contributed by atoms with E-state index in [2.05, 4.69) is 95.5 Å². The molecule has 0 saturated heterocycles. The molecule has 0 amide bonds. The third kappa shape index (κ3) is 7.48. The Balaban J connectivity index is 2.32. The fourth-order valence-electron chi connectivity index (χ4n) is 4.53. The minimum atomic E-state index is -3.07. The highest BCUT2D eigenvalue weighted by Gasteiger charge is 2.36. The van der Waals surface area contributed by atoms with E-state index in [1.165, 1.54) is 25.3 Å². The molecule has 0 aliphatic carbocycles. The van der Waals surface area contributed by atoms with Crippen molar-refractivity contribution in [2.75, 3.05) is 20.5 Å². The van der Waals surface area contributed by atoms with E-state index in [0.29, 0.717) is 11.8 Å². The zero-order valence-electron chi connectivity index (χ0n) is 21.1. The number of hydrogen-bond donors (Lipinski definition) is 0. The van der Waals surface area contributed by atoms with Crippen molar-refractivity contribution in [3.05, 3.63) is 71.3 Å². The van der Waals surface area contributed by atoms with Crippen LogP contribution in [-0.4, -0.2) is 25.2 Å². The number of rotatable bonds is 12. The first-order valence-electron chi connectivity index (χ1n) is 11.3. The fraction of sp³-hybridized carbons (Fsp3) is 0.556. The van der Waals surface area contributed by atoms with Crippen molar-refractivity contribution in [1.29, 1.82) is 0 Å². The number of hydrogen-bond acceptors (Lipinski definition) is 4. The molecule has 0 radical (unpaired) electrons. The van der Waals surface area contributed by atoms with E-state index in [-0.39, 0.29) is 16.3 Å². The van der Waals surface area contributed by atoms with Gasteiger partial charge in [0, 0.05) is 19.0 Å². The third-order valence-corrected chi connectivity index (χ3v) is 9.84. The van der Waals surface area contributed by atoms with Crippen molar-refractivity contribution in [1.82, 2.24) is 0 Å². The first-order valence-corrected chi connectivity index (χ1v) is 14.3. The lowest BCUT2D eigenvalue weighted by atomic mass is 9.66. The summed E-state index contributed by atoms with van der Waals surface area (Å²) in [7, 11) is -0.189. The second-order valence-corrected chi connectivity index (χ2v) is 13.9. The van der Waals surface area contributed by atoms with Crippen LogP contribution in [-0.2, 0) is 19.8 Å². The molecule has 2 unspecified atom stereocenters. The molecule has 0 saturated carbocycles. The molecule has 0 N–H and O–H groups in total. The van der Waals surface area contributed by atoms with E-state index in [1.807, 2.05) is 11.8 Å². The Bertz CT molecular complexity index is 870. The van der Waals surface area contributed by atoms with E-state index in [0.717, 1.165) is 18.4 Å². The molecule has 0 aliphatic heterocycles. The lowest BCUT2D eigenvalue weighted by Crippen LogP contribution is -2.30. The molecule has 5 heteroatoms. The molecule has 0 aliphatic rings. The number of thioether (sulfide) groups is 1. The Hall–Kier alpha value is -1.06. The predicted octanol–water partition coefficient (Wildman–Crippen LogP) is 8.51. The van der Waals surface area contributed by atoms with Crippen LogP contribution in [0.3, 0.4) is 0 Å². The van der Waals surface area contributed by atoms with Crippen molar-refractivity contribution in [3.63, 3.8) is 0 Å². The summed E-state index contributed by atoms with van der Waals surface area (Å²) in [6, 6.07) is 19.4. The molecule has 2 aromatic carbocycles. The smallest absolute Gasteiger partial charge is 0.312 e. The Kier molecular flexibility index (Phi) is 9.67. The van der Waals surface area contributed by atoms with Crippen molar-refractivity contribution >= 4 is 19.4 Å². The van der Waals surface area contributed by atoms with Gasteiger partial charge < -0.3 is 9.05 Å². The van der Waals surface area contributed by atoms with Gasteiger partial charge in [-0.1, -0.05) is 89.2 Å². The maximum atomic E-state index is 12.5. The zero-order valence-corrected chi connectivity index (χ0v) is 22.8. The molecular formula is C27H41O3PS. The fourth-order valence-corrected chi connectivity index (χ4v) is 5.93. The Morgan fingerprint density at radius 2 is 1.44 bits per heavy atom. The van der Waals surface area contributed by atoms with E-state index in [9.17, 15) is 4.57 Å². The summed E-state index contributed by atoms with van der Waals surface area (Å²) < 4.78 is 23.0. The zero-order chi connectivity index (χ0) is 24.0. The average molecular weight is 477 g/mol. The highest BCUT2D eigenvalue weighted by molar-refractivity contribution is 7.99. The first kappa shape index (κ1) is 27.2. The van der Waals surface area contributed by atoms with Gasteiger partial charge in [0.1, 0.15) is 0 Å². The quantitative estimate of drug-likeness (QED) is 0.288. The lowest BCUT2D eigenvalue weighted by Gasteiger charge is -2.41. The van der Waals surface area contributed by atoms with Gasteiger partial charge in [-0.3, -0.25) is 4.57 Å². The van der Waals surface area contributed by atoms with Crippen LogP contribution in [0.1, 0.15) is 76.0 Å². The molecule has 2 rings (SSSR count). The molecule has 3 nitrogen and oxygen atoms in total. The summed E-state index contributed by atoms with van der Waals surface area (Å²) in [6.07, 6.45) is 4.69. The minimum absolute atomic E-state index is 0.109. The molecule has 32 heavy (non-hydrogen) atoms. The standard InChI is InChI=1S/C27H41O3PS/c1-21(23-12-10-9-11-13-23)18-26(2,3)25(19-27(4,5)32-8)24-16-14-22(15-17-24)20-31(28,29-6)30-7/h9-17,21,25H,18-20H2,1-8H3. The summed E-state index contributed by atoms with van der Waals surface area (Å²) in [6.45, 7) is 11.8. The van der Waals surface area contributed by atoms with E-state index >= 15 is 0 Å². The van der Waals surface area contributed by atoms with Crippen LogP contribution in [0.2, 0.25) is 0 Å². The third-order valence-electron chi connectivity index (χ3n) is 6.71. The van der Waals surface area contributed by atoms with Gasteiger partial charge in [-0.25, -0.2) is 0 Å². The van der Waals surface area contributed by atoms with Crippen LogP contribution in [0.4, 0.5) is 0 Å². The second-order valence-electron chi connectivity index (χ2n) is 10.1. The number of benzene rings is 2. The van der Waals surface area contributed by atoms with Crippen LogP contribution in [0.5, 0.6) is 0 Å². The normalized spacial score (nSPS) is 14.9. The predicted molar refractivity (Wildman–Crippen MR) is 140 cm³/mol. The van der Waals surface area contributed by atoms with Gasteiger partial charge in [-0.05, 0) is 53.0 Å². The van der Waals surface area contributed by atoms with Crippen LogP contribution >= 0.6 is 19.4 Å². The minimum Gasteiger partial charge on any atom is -0.312 e. The molecule has 0 bridgehead atoms. The monoisotopic (exact) mass is 476 g/mol. The Labute approximate surface area is 200 Å². The first-order chi connectivity index (χ1) is 14.9. The summed E-state index contributed by atoms with van der Waals surface area (Å²) in [5.74, 6) is 0.890. The Morgan fingerprint density at radius 3 is 1.94 bits per heavy atom. The lowest BCUT2D eigenvalue weighted by molar-refractivity contribution is 0.225. The van der Waals surface area contributed by atoms with E-state index in [1.54, 1.807) is 0 Å². The highest BCUT2D eigenvalue weighted by Crippen LogP contribution is 2.51. The molecule has 0 fully saturated rings. The largest absolute Gasteiger partial charge is 0.334 e. The second kappa shape index (κ2) is 11.4. The van der Waals surface area contributed by atoms with Gasteiger partial charge >= 0.3 is 7.60 Å². The molecular weight excluding hydrogens is 435 g/mol. The van der Waals surface area contributed by atoms with Crippen LogP contribution in [0.25, 0.3) is 0 Å². The van der Waals surface area contributed by atoms with Gasteiger partial charge in [-0.2, -0.15) is 11.8 Å². The van der Waals surface area contributed by atoms with Gasteiger partial charge in [0.15, 0.2) is 0 Å². The van der Waals surface area contributed by atoms with Gasteiger partial charge in [0.2, 0.25) is 0 Å². The van der Waals surface area contributed by atoms with Crippen molar-refractivity contribution < 1.29 is 13.6 Å². The molecule has 0 aromatic heterocycles. The summed E-state index contributed by atoms with van der Waals surface area (Å²) in [4.78, 5) is 0. The average Bonchev–Trinajstić information content (AvgIpc) is 2.78. The Morgan fingerprint density at radius 1 is 0.875 bits per heavy atom. The maximum absolute atomic E-state index is 12.5. The van der Waals surface area contributed by atoms with Gasteiger partial charge in [0.25, 0.3) is 0 Å². The summed E-state index contributed by atoms with van der Waals surface area (Å²) >= 11 is 1.93. The molecule has 0 heterocycles. The van der Waals surface area contributed by atoms with Crippen LogP contribution in [0, 0.1) is 5.41 Å². The topological polar surface area (TPSA) is 35.5 Å². The van der Waals surface area contributed by atoms with Crippen molar-refractivity contribution in [2.24, 2.45) is 5.41 Å². The van der Waals surface area contributed by atoms with E-state index < -0.39 is 7.60 Å². The molecule has 2 aromatic rings. The van der Waals surface area contributed by atoms with E-state index in [4.69, 9.17) is 9.05 Å². The van der Waals surface area contributed by atoms with Crippen molar-refractivity contribution in [2.45, 2.75) is 70.2 Å². The summed E-state index contributed by atoms with van der Waals surface area (Å²) in [5, 5.41) is 0.